The van der Waals surface area contributed by atoms with Gasteiger partial charge in [-0.3, -0.25) is 4.79 Å². The fourth-order valence-electron chi connectivity index (χ4n) is 2.66. The summed E-state index contributed by atoms with van der Waals surface area (Å²) in [6.45, 7) is 2.84. The van der Waals surface area contributed by atoms with Crippen LogP contribution in [-0.4, -0.2) is 11.7 Å². The van der Waals surface area contributed by atoms with Crippen molar-refractivity contribution < 1.29 is 9.47 Å². The number of aromatic nitrogens is 1. The van der Waals surface area contributed by atoms with Gasteiger partial charge in [0.25, 0.3) is 5.56 Å². The van der Waals surface area contributed by atoms with Crippen LogP contribution in [0.1, 0.15) is 12.5 Å². The second-order valence-corrected chi connectivity index (χ2v) is 6.22. The SMILES string of the molecule is CCn1c(=O)c(OCc2cc(OC)ccc2Br)cc2ccccc21. The van der Waals surface area contributed by atoms with Gasteiger partial charge in [0.1, 0.15) is 12.4 Å². The van der Waals surface area contributed by atoms with E-state index in [1.807, 2.05) is 49.4 Å². The smallest absolute Gasteiger partial charge is 0.293 e. The van der Waals surface area contributed by atoms with Crippen molar-refractivity contribution in [1.29, 1.82) is 0 Å². The van der Waals surface area contributed by atoms with Crippen LogP contribution in [0.3, 0.4) is 0 Å². The van der Waals surface area contributed by atoms with E-state index < -0.39 is 0 Å². The number of fused-ring (bicyclic) bond motifs is 1. The third-order valence-electron chi connectivity index (χ3n) is 3.92. The van der Waals surface area contributed by atoms with Crippen molar-refractivity contribution in [2.24, 2.45) is 0 Å². The minimum Gasteiger partial charge on any atom is -0.497 e. The number of methoxy groups -OCH3 is 1. The van der Waals surface area contributed by atoms with Crippen LogP contribution >= 0.6 is 15.9 Å². The van der Waals surface area contributed by atoms with E-state index in [9.17, 15) is 4.79 Å². The van der Waals surface area contributed by atoms with Crippen molar-refractivity contribution in [3.63, 3.8) is 0 Å². The highest BCUT2D eigenvalue weighted by atomic mass is 79.9. The molecule has 4 nitrogen and oxygen atoms in total. The van der Waals surface area contributed by atoms with Crippen LogP contribution in [0.25, 0.3) is 10.9 Å². The van der Waals surface area contributed by atoms with Crippen molar-refractivity contribution in [2.45, 2.75) is 20.1 Å². The van der Waals surface area contributed by atoms with Crippen molar-refractivity contribution in [3.05, 3.63) is 68.9 Å². The molecular weight excluding hydrogens is 370 g/mol. The summed E-state index contributed by atoms with van der Waals surface area (Å²) in [5.74, 6) is 1.10. The number of nitrogens with zero attached hydrogens (tertiary/aromatic N) is 1. The molecule has 0 aliphatic carbocycles. The molecule has 0 N–H and O–H groups in total. The predicted molar refractivity (Wildman–Crippen MR) is 98.9 cm³/mol. The molecule has 0 atom stereocenters. The molecule has 0 amide bonds. The Balaban J connectivity index is 1.96. The Labute approximate surface area is 148 Å². The summed E-state index contributed by atoms with van der Waals surface area (Å²) >= 11 is 3.50. The molecule has 0 radical (unpaired) electrons. The molecule has 0 unspecified atom stereocenters. The zero-order valence-corrected chi connectivity index (χ0v) is 15.2. The largest absolute Gasteiger partial charge is 0.497 e. The summed E-state index contributed by atoms with van der Waals surface area (Å²) in [7, 11) is 1.62. The van der Waals surface area contributed by atoms with E-state index in [2.05, 4.69) is 15.9 Å². The van der Waals surface area contributed by atoms with E-state index >= 15 is 0 Å². The quantitative estimate of drug-likeness (QED) is 0.652. The first kappa shape index (κ1) is 16.6. The highest BCUT2D eigenvalue weighted by molar-refractivity contribution is 9.10. The van der Waals surface area contributed by atoms with Gasteiger partial charge in [-0.05, 0) is 37.3 Å². The van der Waals surface area contributed by atoms with Crippen molar-refractivity contribution in [3.8, 4) is 11.5 Å². The standard InChI is InChI=1S/C19H18BrNO3/c1-3-21-17-7-5-4-6-13(17)11-18(19(21)22)24-12-14-10-15(23-2)8-9-16(14)20/h4-11H,3,12H2,1-2H3. The number of ether oxygens (including phenoxy) is 2. The van der Waals surface area contributed by atoms with Crippen LogP contribution in [0.5, 0.6) is 11.5 Å². The van der Waals surface area contributed by atoms with Gasteiger partial charge >= 0.3 is 0 Å². The van der Waals surface area contributed by atoms with E-state index in [-0.39, 0.29) is 12.2 Å². The van der Waals surface area contributed by atoms with Gasteiger partial charge in [0.2, 0.25) is 0 Å². The van der Waals surface area contributed by atoms with E-state index in [4.69, 9.17) is 9.47 Å². The average Bonchev–Trinajstić information content (AvgIpc) is 2.61. The number of pyridine rings is 1. The highest BCUT2D eigenvalue weighted by Crippen LogP contribution is 2.24. The van der Waals surface area contributed by atoms with Crippen LogP contribution in [0.2, 0.25) is 0 Å². The van der Waals surface area contributed by atoms with Crippen LogP contribution in [0.4, 0.5) is 0 Å². The maximum Gasteiger partial charge on any atom is 0.293 e. The molecular formula is C19H18BrNO3. The summed E-state index contributed by atoms with van der Waals surface area (Å²) in [6, 6.07) is 15.3. The molecule has 5 heteroatoms. The summed E-state index contributed by atoms with van der Waals surface area (Å²) in [5.41, 5.74) is 1.72. The molecule has 3 rings (SSSR count). The lowest BCUT2D eigenvalue weighted by Crippen LogP contribution is -2.21. The van der Waals surface area contributed by atoms with Gasteiger partial charge in [-0.1, -0.05) is 34.1 Å². The molecule has 0 aliphatic heterocycles. The molecule has 1 aromatic heterocycles. The minimum atomic E-state index is -0.116. The number of aryl methyl sites for hydroxylation is 1. The van der Waals surface area contributed by atoms with Crippen LogP contribution in [-0.2, 0) is 13.2 Å². The van der Waals surface area contributed by atoms with Gasteiger partial charge in [-0.25, -0.2) is 0 Å². The Morgan fingerprint density at radius 3 is 2.67 bits per heavy atom. The molecule has 0 spiro atoms. The van der Waals surface area contributed by atoms with Crippen molar-refractivity contribution in [1.82, 2.24) is 4.57 Å². The number of hydrogen-bond acceptors (Lipinski definition) is 3. The predicted octanol–water partition coefficient (Wildman–Crippen LogP) is 4.37. The zero-order valence-electron chi connectivity index (χ0n) is 13.6. The summed E-state index contributed by atoms with van der Waals surface area (Å²) in [6.07, 6.45) is 0. The fraction of sp³-hybridized carbons (Fsp3) is 0.211. The maximum absolute atomic E-state index is 12.6. The van der Waals surface area contributed by atoms with Gasteiger partial charge in [-0.15, -0.1) is 0 Å². The maximum atomic E-state index is 12.6. The zero-order chi connectivity index (χ0) is 17.1. The van der Waals surface area contributed by atoms with Gasteiger partial charge in [0.05, 0.1) is 12.6 Å². The molecule has 24 heavy (non-hydrogen) atoms. The lowest BCUT2D eigenvalue weighted by atomic mass is 10.2. The molecule has 2 aromatic carbocycles. The monoisotopic (exact) mass is 387 g/mol. The van der Waals surface area contributed by atoms with E-state index in [1.165, 1.54) is 0 Å². The Hall–Kier alpha value is -2.27. The van der Waals surface area contributed by atoms with Crippen LogP contribution < -0.4 is 15.0 Å². The van der Waals surface area contributed by atoms with Crippen LogP contribution in [0, 0.1) is 0 Å². The first-order valence-electron chi connectivity index (χ1n) is 7.72. The lowest BCUT2D eigenvalue weighted by Gasteiger charge is -2.13. The first-order chi connectivity index (χ1) is 11.6. The second-order valence-electron chi connectivity index (χ2n) is 5.36. The fourth-order valence-corrected chi connectivity index (χ4v) is 3.02. The van der Waals surface area contributed by atoms with E-state index in [0.717, 1.165) is 26.7 Å². The number of para-hydroxylation sites is 1. The molecule has 1 heterocycles. The second kappa shape index (κ2) is 7.09. The molecule has 3 aromatic rings. The third-order valence-corrected chi connectivity index (χ3v) is 4.70. The summed E-state index contributed by atoms with van der Waals surface area (Å²) in [4.78, 5) is 12.6. The lowest BCUT2D eigenvalue weighted by molar-refractivity contribution is 0.298. The van der Waals surface area contributed by atoms with Gasteiger partial charge in [-0.2, -0.15) is 0 Å². The molecule has 0 aliphatic rings. The Morgan fingerprint density at radius 1 is 1.12 bits per heavy atom. The van der Waals surface area contributed by atoms with E-state index in [0.29, 0.717) is 12.3 Å². The average molecular weight is 388 g/mol. The molecule has 0 bridgehead atoms. The summed E-state index contributed by atoms with van der Waals surface area (Å²) < 4.78 is 13.7. The van der Waals surface area contributed by atoms with Crippen molar-refractivity contribution >= 4 is 26.8 Å². The topological polar surface area (TPSA) is 40.5 Å². The number of halogens is 1. The number of rotatable bonds is 5. The molecule has 0 saturated heterocycles. The Kier molecular flexibility index (Phi) is 4.90. The van der Waals surface area contributed by atoms with Crippen LogP contribution in [0.15, 0.2) is 57.8 Å². The highest BCUT2D eigenvalue weighted by Gasteiger charge is 2.10. The first-order valence-corrected chi connectivity index (χ1v) is 8.51. The molecule has 0 fully saturated rings. The van der Waals surface area contributed by atoms with Gasteiger partial charge in [0.15, 0.2) is 5.75 Å². The Morgan fingerprint density at radius 2 is 1.92 bits per heavy atom. The molecule has 0 saturated carbocycles. The van der Waals surface area contributed by atoms with Crippen molar-refractivity contribution in [2.75, 3.05) is 7.11 Å². The number of hydrogen-bond donors (Lipinski definition) is 0. The minimum absolute atomic E-state index is 0.116. The summed E-state index contributed by atoms with van der Waals surface area (Å²) in [5, 5.41) is 0.985. The van der Waals surface area contributed by atoms with E-state index in [1.54, 1.807) is 17.7 Å². The normalized spacial score (nSPS) is 10.8. The van der Waals surface area contributed by atoms with Gasteiger partial charge < -0.3 is 14.0 Å². The number of benzene rings is 2. The Bertz CT molecular complexity index is 934. The third kappa shape index (κ3) is 3.17. The van der Waals surface area contributed by atoms with Gasteiger partial charge in [0, 0.05) is 22.0 Å². The molecule has 124 valence electrons.